The third kappa shape index (κ3) is 4.54. The number of hydrogen-bond donors (Lipinski definition) is 3. The SMILES string of the molecule is CC(C)(O)c1cc(NC(=O)c2cc(F)cc(C(F)(F)F)c2)c2c(c1)-c1nc[nH]c1C2c1cc(F)ccc1Cl. The fraction of sp³-hybridized carbons (Fsp3) is 0.185. The monoisotopic (exact) mass is 547 g/mol. The first-order chi connectivity index (χ1) is 17.7. The molecular formula is C27H19ClF5N3O2. The summed E-state index contributed by atoms with van der Waals surface area (Å²) < 4.78 is 68.1. The quantitative estimate of drug-likeness (QED) is 0.212. The lowest BCUT2D eigenvalue weighted by Gasteiger charge is -2.24. The fourth-order valence-corrected chi connectivity index (χ4v) is 4.85. The van der Waals surface area contributed by atoms with Crippen LogP contribution in [0.5, 0.6) is 0 Å². The average Bonchev–Trinajstić information content (AvgIpc) is 3.40. The van der Waals surface area contributed by atoms with E-state index in [1.165, 1.54) is 44.4 Å². The molecular weight excluding hydrogens is 529 g/mol. The molecule has 1 atom stereocenters. The summed E-state index contributed by atoms with van der Waals surface area (Å²) in [5, 5.41) is 13.5. The molecule has 0 saturated heterocycles. The predicted molar refractivity (Wildman–Crippen MR) is 131 cm³/mol. The van der Waals surface area contributed by atoms with Crippen LogP contribution in [-0.2, 0) is 11.8 Å². The summed E-state index contributed by atoms with van der Waals surface area (Å²) in [6.07, 6.45) is -3.43. The number of carbonyl (C=O) groups excluding carboxylic acids is 1. The van der Waals surface area contributed by atoms with Crippen molar-refractivity contribution >= 4 is 23.2 Å². The molecule has 0 aliphatic heterocycles. The second kappa shape index (κ2) is 8.92. The second-order valence-electron chi connectivity index (χ2n) is 9.49. The van der Waals surface area contributed by atoms with E-state index in [4.69, 9.17) is 11.6 Å². The standard InChI is InChI=1S/C27H19ClF5N3O2/c1-26(2,38)13-8-18-21(22(24-23(18)34-11-35-24)17-10-15(29)3-4-19(17)28)20(9-13)36-25(37)12-5-14(27(31,32)33)7-16(30)6-12/h3-11,22,38H,1-2H3,(H,34,35)(H,36,37). The number of amides is 1. The number of hydrogen-bond acceptors (Lipinski definition) is 3. The Bertz CT molecular complexity index is 1590. The Morgan fingerprint density at radius 3 is 2.45 bits per heavy atom. The topological polar surface area (TPSA) is 78.0 Å². The molecule has 5 nitrogen and oxygen atoms in total. The number of nitrogens with one attached hydrogen (secondary N) is 2. The molecule has 3 aromatic carbocycles. The molecule has 0 radical (unpaired) electrons. The summed E-state index contributed by atoms with van der Waals surface area (Å²) in [6.45, 7) is 3.04. The highest BCUT2D eigenvalue weighted by Gasteiger charge is 2.38. The van der Waals surface area contributed by atoms with Gasteiger partial charge in [-0.3, -0.25) is 4.79 Å². The maximum Gasteiger partial charge on any atom is 0.416 e. The number of carbonyl (C=O) groups is 1. The molecule has 1 aliphatic rings. The first-order valence-corrected chi connectivity index (χ1v) is 11.7. The number of alkyl halides is 3. The number of anilines is 1. The van der Waals surface area contributed by atoms with Gasteiger partial charge >= 0.3 is 6.18 Å². The Hall–Kier alpha value is -3.76. The Labute approximate surface area is 218 Å². The van der Waals surface area contributed by atoms with Crippen LogP contribution in [0.4, 0.5) is 27.6 Å². The highest BCUT2D eigenvalue weighted by atomic mass is 35.5. The van der Waals surface area contributed by atoms with Gasteiger partial charge in [-0.1, -0.05) is 11.6 Å². The van der Waals surface area contributed by atoms with Gasteiger partial charge in [0.2, 0.25) is 0 Å². The Morgan fingerprint density at radius 1 is 1.03 bits per heavy atom. The minimum atomic E-state index is -4.87. The molecule has 5 rings (SSSR count). The first kappa shape index (κ1) is 25.9. The largest absolute Gasteiger partial charge is 0.416 e. The summed E-state index contributed by atoms with van der Waals surface area (Å²) in [5.74, 6) is -3.55. The van der Waals surface area contributed by atoms with Crippen molar-refractivity contribution in [2.24, 2.45) is 0 Å². The van der Waals surface area contributed by atoms with E-state index in [-0.39, 0.29) is 10.7 Å². The number of rotatable bonds is 4. The lowest BCUT2D eigenvalue weighted by molar-refractivity contribution is -0.137. The highest BCUT2D eigenvalue weighted by Crippen LogP contribution is 2.52. The highest BCUT2D eigenvalue weighted by molar-refractivity contribution is 6.31. The Morgan fingerprint density at radius 2 is 1.76 bits per heavy atom. The number of nitrogens with zero attached hydrogens (tertiary/aromatic N) is 1. The van der Waals surface area contributed by atoms with Gasteiger partial charge in [0.05, 0.1) is 34.8 Å². The van der Waals surface area contributed by atoms with Crippen LogP contribution in [-0.4, -0.2) is 21.0 Å². The number of aromatic amines is 1. The maximum absolute atomic E-state index is 14.3. The summed E-state index contributed by atoms with van der Waals surface area (Å²) in [4.78, 5) is 20.5. The molecule has 196 valence electrons. The maximum atomic E-state index is 14.3. The number of benzene rings is 3. The molecule has 1 heterocycles. The molecule has 1 aromatic heterocycles. The van der Waals surface area contributed by atoms with Crippen molar-refractivity contribution < 1.29 is 31.9 Å². The van der Waals surface area contributed by atoms with Crippen LogP contribution >= 0.6 is 11.6 Å². The van der Waals surface area contributed by atoms with Gasteiger partial charge in [-0.05, 0) is 79.1 Å². The lowest BCUT2D eigenvalue weighted by Crippen LogP contribution is -2.20. The van der Waals surface area contributed by atoms with Crippen LogP contribution in [0, 0.1) is 11.6 Å². The van der Waals surface area contributed by atoms with Crippen molar-refractivity contribution in [1.82, 2.24) is 9.97 Å². The lowest BCUT2D eigenvalue weighted by atomic mass is 9.87. The van der Waals surface area contributed by atoms with E-state index in [0.29, 0.717) is 51.8 Å². The van der Waals surface area contributed by atoms with Gasteiger partial charge in [-0.15, -0.1) is 0 Å². The van der Waals surface area contributed by atoms with E-state index in [2.05, 4.69) is 15.3 Å². The van der Waals surface area contributed by atoms with Gasteiger partial charge < -0.3 is 15.4 Å². The average molecular weight is 548 g/mol. The minimum absolute atomic E-state index is 0.110. The molecule has 11 heteroatoms. The Kier molecular flexibility index (Phi) is 6.07. The van der Waals surface area contributed by atoms with E-state index in [1.54, 1.807) is 6.07 Å². The molecule has 1 amide bonds. The molecule has 4 aromatic rings. The Balaban J connectivity index is 1.70. The molecule has 1 unspecified atom stereocenters. The van der Waals surface area contributed by atoms with Crippen LogP contribution in [0.25, 0.3) is 11.3 Å². The van der Waals surface area contributed by atoms with E-state index in [1.807, 2.05) is 0 Å². The van der Waals surface area contributed by atoms with Crippen molar-refractivity contribution in [2.45, 2.75) is 31.5 Å². The van der Waals surface area contributed by atoms with Crippen molar-refractivity contribution in [3.63, 3.8) is 0 Å². The van der Waals surface area contributed by atoms with Crippen molar-refractivity contribution in [3.8, 4) is 11.3 Å². The molecule has 3 N–H and O–H groups in total. The third-order valence-electron chi connectivity index (χ3n) is 6.39. The second-order valence-corrected chi connectivity index (χ2v) is 9.90. The normalized spacial score (nSPS) is 14.8. The molecule has 0 spiro atoms. The van der Waals surface area contributed by atoms with Crippen molar-refractivity contribution in [3.05, 3.63) is 105 Å². The van der Waals surface area contributed by atoms with Gasteiger partial charge in [0.25, 0.3) is 5.91 Å². The zero-order valence-corrected chi connectivity index (χ0v) is 20.6. The molecule has 0 fully saturated rings. The first-order valence-electron chi connectivity index (χ1n) is 11.3. The molecule has 0 bridgehead atoms. The van der Waals surface area contributed by atoms with Gasteiger partial charge in [0, 0.05) is 21.8 Å². The number of aromatic nitrogens is 2. The smallest absolute Gasteiger partial charge is 0.386 e. The summed E-state index contributed by atoms with van der Waals surface area (Å²) in [7, 11) is 0. The van der Waals surface area contributed by atoms with Gasteiger partial charge in [-0.2, -0.15) is 13.2 Å². The molecule has 0 saturated carbocycles. The van der Waals surface area contributed by atoms with Crippen LogP contribution < -0.4 is 5.32 Å². The predicted octanol–water partition coefficient (Wildman–Crippen LogP) is 7.00. The summed E-state index contributed by atoms with van der Waals surface area (Å²) in [6, 6.07) is 8.48. The number of H-pyrrole nitrogens is 1. The molecule has 1 aliphatic carbocycles. The molecule has 38 heavy (non-hydrogen) atoms. The number of halogens is 6. The third-order valence-corrected chi connectivity index (χ3v) is 6.74. The van der Waals surface area contributed by atoms with E-state index >= 15 is 0 Å². The fourth-order valence-electron chi connectivity index (χ4n) is 4.63. The number of imidazole rings is 1. The van der Waals surface area contributed by atoms with Gasteiger partial charge in [0.1, 0.15) is 11.6 Å². The van der Waals surface area contributed by atoms with Crippen molar-refractivity contribution in [2.75, 3.05) is 5.32 Å². The van der Waals surface area contributed by atoms with Crippen LogP contribution in [0.2, 0.25) is 5.02 Å². The summed E-state index contributed by atoms with van der Waals surface area (Å²) in [5.41, 5.74) is -0.498. The zero-order valence-electron chi connectivity index (χ0n) is 19.8. The van der Waals surface area contributed by atoms with E-state index in [9.17, 15) is 31.9 Å². The van der Waals surface area contributed by atoms with E-state index < -0.39 is 46.4 Å². The minimum Gasteiger partial charge on any atom is -0.386 e. The number of fused-ring (bicyclic) bond motifs is 3. The van der Waals surface area contributed by atoms with Crippen LogP contribution in [0.15, 0.2) is 54.9 Å². The van der Waals surface area contributed by atoms with Gasteiger partial charge in [-0.25, -0.2) is 13.8 Å². The zero-order chi connectivity index (χ0) is 27.6. The van der Waals surface area contributed by atoms with Crippen LogP contribution in [0.3, 0.4) is 0 Å². The van der Waals surface area contributed by atoms with Crippen LogP contribution in [0.1, 0.15) is 58.1 Å². The number of aliphatic hydroxyl groups is 1. The summed E-state index contributed by atoms with van der Waals surface area (Å²) >= 11 is 6.44. The van der Waals surface area contributed by atoms with E-state index in [0.717, 1.165) is 0 Å². The van der Waals surface area contributed by atoms with Gasteiger partial charge in [0.15, 0.2) is 0 Å². The van der Waals surface area contributed by atoms with Crippen molar-refractivity contribution in [1.29, 1.82) is 0 Å².